The molecular formula is C27H30ClF3N2O5. The first-order valence-corrected chi connectivity index (χ1v) is 12.8. The summed E-state index contributed by atoms with van der Waals surface area (Å²) in [5.41, 5.74) is 0.670. The zero-order chi connectivity index (χ0) is 27.3. The fraction of sp³-hybridized carbons (Fsp3) is 0.481. The predicted molar refractivity (Wildman–Crippen MR) is 134 cm³/mol. The van der Waals surface area contributed by atoms with Crippen molar-refractivity contribution in [3.05, 3.63) is 58.6 Å². The van der Waals surface area contributed by atoms with Crippen LogP contribution in [0.25, 0.3) is 0 Å². The molecular weight excluding hydrogens is 525 g/mol. The van der Waals surface area contributed by atoms with Crippen molar-refractivity contribution in [2.45, 2.75) is 32.5 Å². The summed E-state index contributed by atoms with van der Waals surface area (Å²) in [7, 11) is 0. The summed E-state index contributed by atoms with van der Waals surface area (Å²) in [6, 6.07) is 10.3. The fourth-order valence-electron chi connectivity index (χ4n) is 4.73. The average molecular weight is 555 g/mol. The van der Waals surface area contributed by atoms with Gasteiger partial charge in [-0.15, -0.1) is 13.2 Å². The lowest BCUT2D eigenvalue weighted by molar-refractivity contribution is -0.274. The number of benzene rings is 2. The van der Waals surface area contributed by atoms with Gasteiger partial charge in [0.15, 0.2) is 0 Å². The molecule has 0 aliphatic carbocycles. The maximum Gasteiger partial charge on any atom is 0.573 e. The number of alkyl halides is 3. The molecule has 206 valence electrons. The summed E-state index contributed by atoms with van der Waals surface area (Å²) in [6.07, 6.45) is -3.44. The first-order valence-electron chi connectivity index (χ1n) is 12.4. The van der Waals surface area contributed by atoms with Gasteiger partial charge in [-0.1, -0.05) is 11.6 Å². The van der Waals surface area contributed by atoms with Gasteiger partial charge in [0.25, 0.3) is 5.91 Å². The van der Waals surface area contributed by atoms with Gasteiger partial charge in [0.05, 0.1) is 19.8 Å². The molecule has 7 nitrogen and oxygen atoms in total. The Kier molecular flexibility index (Phi) is 8.72. The van der Waals surface area contributed by atoms with E-state index in [2.05, 4.69) is 4.74 Å². The van der Waals surface area contributed by atoms with Gasteiger partial charge in [-0.3, -0.25) is 9.59 Å². The van der Waals surface area contributed by atoms with Crippen LogP contribution in [0.2, 0.25) is 5.02 Å². The highest BCUT2D eigenvalue weighted by molar-refractivity contribution is 6.31. The molecule has 0 aromatic heterocycles. The van der Waals surface area contributed by atoms with Gasteiger partial charge < -0.3 is 24.0 Å². The van der Waals surface area contributed by atoms with E-state index in [-0.39, 0.29) is 29.5 Å². The smallest absolute Gasteiger partial charge is 0.493 e. The maximum absolute atomic E-state index is 13.2. The predicted octanol–water partition coefficient (Wildman–Crippen LogP) is 5.10. The van der Waals surface area contributed by atoms with E-state index in [1.807, 2.05) is 13.0 Å². The van der Waals surface area contributed by atoms with Crippen LogP contribution in [-0.4, -0.2) is 74.0 Å². The molecule has 0 atom stereocenters. The third kappa shape index (κ3) is 7.32. The minimum absolute atomic E-state index is 0.0317. The standard InChI is InChI=1S/C27H30ClF3N2O5/c1-19-16-22(6-7-23(19)28)37-18-26(17-24(34)32-12-14-36-15-13-32)8-10-33(11-9-26)25(35)20-2-4-21(5-3-20)38-27(29,30)31/h2-7,16H,8-15,17-18H2,1H3. The number of carbonyl (C=O) groups excluding carboxylic acids is 2. The molecule has 0 bridgehead atoms. The number of morpholine rings is 1. The van der Waals surface area contributed by atoms with Crippen molar-refractivity contribution in [1.29, 1.82) is 0 Å². The highest BCUT2D eigenvalue weighted by atomic mass is 35.5. The largest absolute Gasteiger partial charge is 0.573 e. The number of rotatable bonds is 7. The van der Waals surface area contributed by atoms with Gasteiger partial charge >= 0.3 is 6.36 Å². The molecule has 4 rings (SSSR count). The maximum atomic E-state index is 13.2. The third-order valence-electron chi connectivity index (χ3n) is 7.01. The zero-order valence-electron chi connectivity index (χ0n) is 21.1. The van der Waals surface area contributed by atoms with E-state index in [0.717, 1.165) is 17.7 Å². The van der Waals surface area contributed by atoms with Crippen molar-refractivity contribution in [2.75, 3.05) is 46.0 Å². The van der Waals surface area contributed by atoms with Crippen molar-refractivity contribution in [2.24, 2.45) is 5.41 Å². The number of piperidine rings is 1. The molecule has 2 amide bonds. The molecule has 0 radical (unpaired) electrons. The lowest BCUT2D eigenvalue weighted by Crippen LogP contribution is -2.49. The van der Waals surface area contributed by atoms with Gasteiger partial charge in [-0.05, 0) is 67.8 Å². The number of nitrogens with zero attached hydrogens (tertiary/aromatic N) is 2. The van der Waals surface area contributed by atoms with Crippen LogP contribution in [-0.2, 0) is 9.53 Å². The SMILES string of the molecule is Cc1cc(OCC2(CC(=O)N3CCOCC3)CCN(C(=O)c3ccc(OC(F)(F)F)cc3)CC2)ccc1Cl. The first-order chi connectivity index (χ1) is 18.0. The van der Waals surface area contributed by atoms with Crippen LogP contribution in [0.3, 0.4) is 0 Å². The lowest BCUT2D eigenvalue weighted by Gasteiger charge is -2.42. The van der Waals surface area contributed by atoms with Gasteiger partial charge in [-0.25, -0.2) is 0 Å². The zero-order valence-corrected chi connectivity index (χ0v) is 21.8. The Balaban J connectivity index is 1.43. The van der Waals surface area contributed by atoms with Crippen molar-refractivity contribution in [3.8, 4) is 11.5 Å². The number of likely N-dealkylation sites (tertiary alicyclic amines) is 1. The molecule has 0 spiro atoms. The molecule has 2 aliphatic rings. The first kappa shape index (κ1) is 28.0. The number of carbonyl (C=O) groups is 2. The molecule has 38 heavy (non-hydrogen) atoms. The normalized spacial score (nSPS) is 17.7. The number of amides is 2. The van der Waals surface area contributed by atoms with Crippen LogP contribution in [0.5, 0.6) is 11.5 Å². The Morgan fingerprint density at radius 2 is 1.61 bits per heavy atom. The number of ether oxygens (including phenoxy) is 3. The topological polar surface area (TPSA) is 68.3 Å². The van der Waals surface area contributed by atoms with Crippen molar-refractivity contribution in [3.63, 3.8) is 0 Å². The highest BCUT2D eigenvalue weighted by Crippen LogP contribution is 2.37. The second kappa shape index (κ2) is 11.8. The van der Waals surface area contributed by atoms with Crippen molar-refractivity contribution >= 4 is 23.4 Å². The third-order valence-corrected chi connectivity index (χ3v) is 7.43. The van der Waals surface area contributed by atoms with Crippen LogP contribution in [0.4, 0.5) is 13.2 Å². The molecule has 2 aromatic rings. The second-order valence-electron chi connectivity index (χ2n) is 9.73. The van der Waals surface area contributed by atoms with Crippen LogP contribution >= 0.6 is 11.6 Å². The van der Waals surface area contributed by atoms with Gasteiger partial charge in [-0.2, -0.15) is 0 Å². The highest BCUT2D eigenvalue weighted by Gasteiger charge is 2.40. The van der Waals surface area contributed by atoms with Gasteiger partial charge in [0, 0.05) is 48.6 Å². The van der Waals surface area contributed by atoms with E-state index < -0.39 is 11.8 Å². The molecule has 11 heteroatoms. The van der Waals surface area contributed by atoms with E-state index in [1.54, 1.807) is 21.9 Å². The van der Waals surface area contributed by atoms with Crippen LogP contribution in [0.1, 0.15) is 35.2 Å². The Morgan fingerprint density at radius 3 is 2.21 bits per heavy atom. The lowest BCUT2D eigenvalue weighted by atomic mass is 9.75. The number of halogens is 4. The van der Waals surface area contributed by atoms with Gasteiger partial charge in [0.2, 0.25) is 5.91 Å². The van der Waals surface area contributed by atoms with Crippen LogP contribution < -0.4 is 9.47 Å². The van der Waals surface area contributed by atoms with E-state index in [1.165, 1.54) is 12.1 Å². The van der Waals surface area contributed by atoms with Crippen molar-refractivity contribution < 1.29 is 37.0 Å². The van der Waals surface area contributed by atoms with Crippen LogP contribution in [0.15, 0.2) is 42.5 Å². The van der Waals surface area contributed by atoms with Crippen molar-refractivity contribution in [1.82, 2.24) is 9.80 Å². The quantitative estimate of drug-likeness (QED) is 0.476. The van der Waals surface area contributed by atoms with E-state index >= 15 is 0 Å². The number of aryl methyl sites for hydroxylation is 1. The average Bonchev–Trinajstić information content (AvgIpc) is 2.89. The van der Waals surface area contributed by atoms with Crippen LogP contribution in [0, 0.1) is 12.3 Å². The Labute approximate surface area is 224 Å². The van der Waals surface area contributed by atoms with E-state index in [4.69, 9.17) is 21.1 Å². The molecule has 2 aliphatic heterocycles. The van der Waals surface area contributed by atoms with E-state index in [9.17, 15) is 22.8 Å². The molecule has 2 saturated heterocycles. The molecule has 0 saturated carbocycles. The summed E-state index contributed by atoms with van der Waals surface area (Å²) in [5.74, 6) is 0.0165. The summed E-state index contributed by atoms with van der Waals surface area (Å²) in [4.78, 5) is 29.7. The molecule has 2 heterocycles. The van der Waals surface area contributed by atoms with Gasteiger partial charge in [0.1, 0.15) is 11.5 Å². The monoisotopic (exact) mass is 554 g/mol. The summed E-state index contributed by atoms with van der Waals surface area (Å²) >= 11 is 6.13. The molecule has 0 N–H and O–H groups in total. The fourth-order valence-corrected chi connectivity index (χ4v) is 4.84. The number of hydrogen-bond acceptors (Lipinski definition) is 5. The summed E-state index contributed by atoms with van der Waals surface area (Å²) in [5, 5.41) is 0.638. The minimum atomic E-state index is -4.80. The summed E-state index contributed by atoms with van der Waals surface area (Å²) in [6.45, 7) is 5.07. The Morgan fingerprint density at radius 1 is 0.974 bits per heavy atom. The Bertz CT molecular complexity index is 1130. The molecule has 0 unspecified atom stereocenters. The summed E-state index contributed by atoms with van der Waals surface area (Å²) < 4.78 is 52.7. The molecule has 2 fully saturated rings. The Hall–Kier alpha value is -2.98. The number of hydrogen-bond donors (Lipinski definition) is 0. The second-order valence-corrected chi connectivity index (χ2v) is 10.1. The minimum Gasteiger partial charge on any atom is -0.493 e. The molecule has 2 aromatic carbocycles. The van der Waals surface area contributed by atoms with E-state index in [0.29, 0.717) is 69.6 Å².